The molecule has 13 N–H and O–H groups in total. The van der Waals surface area contributed by atoms with Gasteiger partial charge in [-0.2, -0.15) is 42.1 Å². The van der Waals surface area contributed by atoms with Crippen molar-refractivity contribution in [3.8, 4) is 5.75 Å². The molecule has 0 radical (unpaired) electrons. The summed E-state index contributed by atoms with van der Waals surface area (Å²) in [7, 11) is -25.8. The van der Waals surface area contributed by atoms with Crippen LogP contribution >= 0.6 is 11.6 Å². The van der Waals surface area contributed by atoms with Crippen LogP contribution in [0.1, 0.15) is 15.9 Å². The molecule has 23 nitrogen and oxygen atoms in total. The third kappa shape index (κ3) is 13.9. The molecule has 0 aliphatic carbocycles. The molecule has 0 aromatic heterocycles. The van der Waals surface area contributed by atoms with Crippen LogP contribution in [0, 0.1) is 0 Å². The summed E-state index contributed by atoms with van der Waals surface area (Å²) >= 11 is 5.45. The van der Waals surface area contributed by atoms with E-state index < -0.39 is 91.7 Å². The standard InChI is InChI=1S/C16H17ClN2O6S2.C10H9NO7S2.C10H9NO6S2/c17-7-8-26(21,22)10-11-1-3-12(4-2-11)16(20)19-13-5-6-15(14(18)9-13)27(23,24)25;11-8-3-6(19(13,14)15)1-5-2-7(20(16,17)18)4-9(12)10(5)8;11-9-4-6-1-2-8(18(12,13)14)3-7(6)5-10(9)19(15,16)17/h1-6,9H,7-8,10,18H2,(H,19,20)(H,23,24,25);1-4,12H,11H2,(H,13,14,15)(H,16,17,18);1-5H,11H2,(H,12,13,14)(H,15,16,17). The van der Waals surface area contributed by atoms with Crippen LogP contribution < -0.4 is 22.5 Å². The lowest BCUT2D eigenvalue weighted by Crippen LogP contribution is -2.13. The number of nitrogens with one attached hydrogen (secondary N) is 1. The van der Waals surface area contributed by atoms with Crippen molar-refractivity contribution in [2.75, 3.05) is 34.2 Å². The van der Waals surface area contributed by atoms with E-state index in [1.807, 2.05) is 0 Å². The molecule has 0 saturated heterocycles. The zero-order valence-corrected chi connectivity index (χ0v) is 38.6. The number of rotatable bonds is 11. The summed E-state index contributed by atoms with van der Waals surface area (Å²) in [6, 6.07) is 19.0. The van der Waals surface area contributed by atoms with Gasteiger partial charge in [-0.05, 0) is 94.5 Å². The molecule has 30 heteroatoms. The van der Waals surface area contributed by atoms with Gasteiger partial charge < -0.3 is 27.6 Å². The van der Waals surface area contributed by atoms with E-state index >= 15 is 0 Å². The number of sulfone groups is 1. The maximum Gasteiger partial charge on any atom is 0.296 e. The summed E-state index contributed by atoms with van der Waals surface area (Å²) in [5, 5.41) is 12.9. The van der Waals surface area contributed by atoms with E-state index in [2.05, 4.69) is 5.32 Å². The van der Waals surface area contributed by atoms with E-state index in [0.29, 0.717) is 10.9 Å². The molecule has 0 bridgehead atoms. The molecule has 0 fully saturated rings. The lowest BCUT2D eigenvalue weighted by molar-refractivity contribution is 0.102. The van der Waals surface area contributed by atoms with Crippen molar-refractivity contribution in [3.63, 3.8) is 0 Å². The van der Waals surface area contributed by atoms with E-state index in [9.17, 15) is 60.4 Å². The third-order valence-electron chi connectivity index (χ3n) is 8.65. The maximum absolute atomic E-state index is 12.3. The number of nitrogen functional groups attached to an aromatic ring is 3. The van der Waals surface area contributed by atoms with Crippen molar-refractivity contribution in [3.05, 3.63) is 108 Å². The first kappa shape index (κ1) is 52.9. The molecular formula is C36H35ClN4O19S6. The average Bonchev–Trinajstić information content (AvgIpc) is 3.15. The van der Waals surface area contributed by atoms with E-state index in [1.165, 1.54) is 48.5 Å². The predicted octanol–water partition coefficient (Wildman–Crippen LogP) is 3.46. The highest BCUT2D eigenvalue weighted by Crippen LogP contribution is 2.35. The molecule has 6 aromatic rings. The Hall–Kier alpha value is -5.70. The van der Waals surface area contributed by atoms with E-state index in [4.69, 9.17) is 51.6 Å². The Balaban J connectivity index is 0.000000221. The normalized spacial score (nSPS) is 12.4. The van der Waals surface area contributed by atoms with Crippen LogP contribution in [0.3, 0.4) is 0 Å². The number of phenolic OH excluding ortho intramolecular Hbond substituents is 1. The Kier molecular flexibility index (Phi) is 15.7. The molecule has 6 rings (SSSR count). The Morgan fingerprint density at radius 3 is 1.53 bits per heavy atom. The summed E-state index contributed by atoms with van der Waals surface area (Å²) in [5.41, 5.74) is 17.1. The fraction of sp³-hybridized carbons (Fsp3) is 0.0833. The molecule has 0 saturated carbocycles. The number of hydrogen-bond donors (Lipinski definition) is 10. The fourth-order valence-electron chi connectivity index (χ4n) is 5.69. The van der Waals surface area contributed by atoms with Crippen molar-refractivity contribution < 1.29 is 83.2 Å². The Morgan fingerprint density at radius 2 is 1.03 bits per heavy atom. The molecule has 0 spiro atoms. The first-order chi connectivity index (χ1) is 30.1. The van der Waals surface area contributed by atoms with Gasteiger partial charge in [0.15, 0.2) is 9.84 Å². The minimum Gasteiger partial charge on any atom is -0.507 e. The largest absolute Gasteiger partial charge is 0.507 e. The van der Waals surface area contributed by atoms with Crippen molar-refractivity contribution in [2.45, 2.75) is 30.2 Å². The second kappa shape index (κ2) is 19.6. The van der Waals surface area contributed by atoms with Crippen molar-refractivity contribution >= 4 is 122 Å². The highest BCUT2D eigenvalue weighted by molar-refractivity contribution is 7.90. The number of anilines is 4. The molecule has 0 heterocycles. The average molecular weight is 1060 g/mol. The molecule has 0 atom stereocenters. The number of aromatic hydroxyl groups is 1. The van der Waals surface area contributed by atoms with Gasteiger partial charge in [-0.1, -0.05) is 18.2 Å². The smallest absolute Gasteiger partial charge is 0.296 e. The third-order valence-corrected chi connectivity index (χ3v) is 15.0. The molecule has 356 valence electrons. The SMILES string of the molecule is Nc1cc(NC(=O)c2ccc(CS(=O)(=O)CCCl)cc2)ccc1S(=O)(=O)O.Nc1cc(S(=O)(=O)O)cc2cc(S(=O)(=O)O)cc(O)c12.Nc1cc2ccc(S(=O)(=O)O)cc2cc1S(=O)(=O)O. The lowest BCUT2D eigenvalue weighted by atomic mass is 10.1. The Bertz CT molecular complexity index is 3520. The summed E-state index contributed by atoms with van der Waals surface area (Å²) < 4.78 is 179. The van der Waals surface area contributed by atoms with Gasteiger partial charge in [0.1, 0.15) is 15.5 Å². The topological polar surface area (TPSA) is 433 Å². The van der Waals surface area contributed by atoms with Crippen LogP contribution in [0.2, 0.25) is 0 Å². The number of nitrogens with two attached hydrogens (primary N) is 3. The monoisotopic (exact) mass is 1050 g/mol. The summed E-state index contributed by atoms with van der Waals surface area (Å²) in [6.07, 6.45) is 0. The quantitative estimate of drug-likeness (QED) is 0.0504. The second-order valence-electron chi connectivity index (χ2n) is 13.5. The van der Waals surface area contributed by atoms with E-state index in [0.717, 1.165) is 48.5 Å². The number of phenols is 1. The molecule has 66 heavy (non-hydrogen) atoms. The number of alkyl halides is 1. The molecular weight excluding hydrogens is 1020 g/mol. The number of carbonyl (C=O) groups is 1. The zero-order valence-electron chi connectivity index (χ0n) is 32.9. The van der Waals surface area contributed by atoms with Crippen LogP contribution in [0.5, 0.6) is 5.75 Å². The van der Waals surface area contributed by atoms with Crippen LogP contribution in [0.4, 0.5) is 22.7 Å². The minimum atomic E-state index is -4.59. The first-order valence-electron chi connectivity index (χ1n) is 17.4. The number of fused-ring (bicyclic) bond motifs is 2. The molecule has 1 amide bonds. The molecule has 0 unspecified atom stereocenters. The van der Waals surface area contributed by atoms with Crippen molar-refractivity contribution in [1.82, 2.24) is 0 Å². The van der Waals surface area contributed by atoms with E-state index in [1.54, 1.807) is 0 Å². The predicted molar refractivity (Wildman–Crippen MR) is 241 cm³/mol. The van der Waals surface area contributed by atoms with Gasteiger partial charge in [0.05, 0.1) is 37.6 Å². The van der Waals surface area contributed by atoms with Gasteiger partial charge in [-0.15, -0.1) is 11.6 Å². The number of benzene rings is 6. The fourth-order valence-corrected chi connectivity index (χ4v) is 10.3. The van der Waals surface area contributed by atoms with Crippen LogP contribution in [0.15, 0.2) is 122 Å². The van der Waals surface area contributed by atoms with Crippen LogP contribution in [-0.2, 0) is 66.2 Å². The highest BCUT2D eigenvalue weighted by atomic mass is 35.5. The minimum absolute atomic E-state index is 0.00444. The summed E-state index contributed by atoms with van der Waals surface area (Å²) in [6.45, 7) is 0. The Morgan fingerprint density at radius 1 is 0.515 bits per heavy atom. The van der Waals surface area contributed by atoms with Gasteiger partial charge in [0, 0.05) is 34.3 Å². The maximum atomic E-state index is 12.3. The molecule has 6 aromatic carbocycles. The zero-order chi connectivity index (χ0) is 50.0. The lowest BCUT2D eigenvalue weighted by Gasteiger charge is -2.09. The first-order valence-corrected chi connectivity index (χ1v) is 27.0. The van der Waals surface area contributed by atoms with Crippen LogP contribution in [-0.4, -0.2) is 95.9 Å². The summed E-state index contributed by atoms with van der Waals surface area (Å²) in [5.74, 6) is -1.33. The number of halogens is 1. The van der Waals surface area contributed by atoms with Gasteiger partial charge in [0.2, 0.25) is 0 Å². The molecule has 0 aliphatic rings. The number of carbonyl (C=O) groups excluding carboxylic acids is 1. The Labute approximate surface area is 381 Å². The van der Waals surface area contributed by atoms with Crippen molar-refractivity contribution in [2.24, 2.45) is 0 Å². The number of amides is 1. The van der Waals surface area contributed by atoms with Gasteiger partial charge in [-0.25, -0.2) is 8.42 Å². The second-order valence-corrected chi connectivity index (χ2v) is 23.1. The highest BCUT2D eigenvalue weighted by Gasteiger charge is 2.20. The van der Waals surface area contributed by atoms with Crippen LogP contribution in [0.25, 0.3) is 21.5 Å². The summed E-state index contributed by atoms with van der Waals surface area (Å²) in [4.78, 5) is 9.70. The van der Waals surface area contributed by atoms with E-state index in [-0.39, 0.29) is 66.8 Å². The van der Waals surface area contributed by atoms with Crippen molar-refractivity contribution in [1.29, 1.82) is 0 Å². The number of hydrogen-bond acceptors (Lipinski definition) is 17. The molecule has 0 aliphatic heterocycles. The van der Waals surface area contributed by atoms with Gasteiger partial charge >= 0.3 is 0 Å². The van der Waals surface area contributed by atoms with Gasteiger partial charge in [-0.3, -0.25) is 27.6 Å². The van der Waals surface area contributed by atoms with Gasteiger partial charge in [0.25, 0.3) is 56.5 Å².